The van der Waals surface area contributed by atoms with Gasteiger partial charge in [0.25, 0.3) is 0 Å². The Morgan fingerprint density at radius 3 is 2.22 bits per heavy atom. The quantitative estimate of drug-likeness (QED) is 0.253. The van der Waals surface area contributed by atoms with Gasteiger partial charge in [0.15, 0.2) is 6.20 Å². The van der Waals surface area contributed by atoms with Gasteiger partial charge in [0.1, 0.15) is 7.05 Å². The lowest BCUT2D eigenvalue weighted by Crippen LogP contribution is -2.35. The van der Waals surface area contributed by atoms with E-state index in [4.69, 9.17) is 0 Å². The second-order valence-corrected chi connectivity index (χ2v) is 13.5. The van der Waals surface area contributed by atoms with Crippen LogP contribution >= 0.6 is 0 Å². The summed E-state index contributed by atoms with van der Waals surface area (Å²) in [6, 6.07) is 14.3. The molecular formula is C35H44N+. The Labute approximate surface area is 219 Å². The van der Waals surface area contributed by atoms with E-state index in [9.17, 15) is 0 Å². The van der Waals surface area contributed by atoms with Crippen LogP contribution in [0.1, 0.15) is 105 Å². The van der Waals surface area contributed by atoms with Gasteiger partial charge in [-0.05, 0) is 129 Å². The molecule has 3 aromatic rings. The monoisotopic (exact) mass is 478 g/mol. The number of nitrogens with zero attached hydrogens (tertiary/aromatic N) is 1. The number of benzene rings is 2. The molecule has 0 saturated heterocycles. The third-order valence-corrected chi connectivity index (χ3v) is 10.4. The molecule has 2 aromatic carbocycles. The average Bonchev–Trinajstić information content (AvgIpc) is 3.20. The molecule has 0 radical (unpaired) electrons. The fraction of sp³-hybridized carbons (Fsp3) is 0.514. The van der Waals surface area contributed by atoms with Crippen molar-refractivity contribution in [1.29, 1.82) is 0 Å². The van der Waals surface area contributed by atoms with Gasteiger partial charge in [-0.25, -0.2) is 4.57 Å². The molecule has 2 fully saturated rings. The molecule has 1 nitrogen and oxygen atoms in total. The Balaban J connectivity index is 1.34. The van der Waals surface area contributed by atoms with Gasteiger partial charge >= 0.3 is 0 Å². The third-order valence-electron chi connectivity index (χ3n) is 10.4. The molecular weight excluding hydrogens is 434 g/mol. The molecule has 0 atom stereocenters. The summed E-state index contributed by atoms with van der Waals surface area (Å²) in [5, 5.41) is 0. The molecule has 0 bridgehead atoms. The van der Waals surface area contributed by atoms with Crippen LogP contribution in [0.15, 0.2) is 42.6 Å². The minimum absolute atomic E-state index is 0.563. The van der Waals surface area contributed by atoms with Gasteiger partial charge in [-0.15, -0.1) is 0 Å². The van der Waals surface area contributed by atoms with Gasteiger partial charge in [0, 0.05) is 11.6 Å². The van der Waals surface area contributed by atoms with Gasteiger partial charge in [0.2, 0.25) is 5.69 Å². The highest BCUT2D eigenvalue weighted by molar-refractivity contribution is 5.85. The summed E-state index contributed by atoms with van der Waals surface area (Å²) >= 11 is 0. The van der Waals surface area contributed by atoms with Crippen molar-refractivity contribution in [3.63, 3.8) is 0 Å². The summed E-state index contributed by atoms with van der Waals surface area (Å²) in [7, 11) is 2.25. The fourth-order valence-corrected chi connectivity index (χ4v) is 7.83. The standard InChI is InChI=1S/C35H44N/c1-23-7-9-27-20-31-28(30(27)19-23)10-8-24(2)33(31)32-21-29(25(3)22-36(32)6)26-11-13-35(14-12-26)17-15-34(4,5)16-18-35/h7-10,19,21-22,26H,11-18,20H2,1-6H3/q+1. The van der Waals surface area contributed by atoms with Crippen LogP contribution in [0.5, 0.6) is 0 Å². The van der Waals surface area contributed by atoms with Crippen LogP contribution in [0.4, 0.5) is 0 Å². The first-order chi connectivity index (χ1) is 17.1. The zero-order chi connectivity index (χ0) is 25.2. The van der Waals surface area contributed by atoms with Crippen LogP contribution < -0.4 is 4.57 Å². The number of rotatable bonds is 2. The minimum Gasteiger partial charge on any atom is -0.201 e. The summed E-state index contributed by atoms with van der Waals surface area (Å²) in [5.41, 5.74) is 15.8. The van der Waals surface area contributed by atoms with Gasteiger partial charge in [-0.3, -0.25) is 0 Å². The predicted molar refractivity (Wildman–Crippen MR) is 151 cm³/mol. The molecule has 1 heteroatoms. The number of fused-ring (bicyclic) bond motifs is 3. The summed E-state index contributed by atoms with van der Waals surface area (Å²) in [6.07, 6.45) is 14.8. The summed E-state index contributed by atoms with van der Waals surface area (Å²) in [5.74, 6) is 0.711. The lowest BCUT2D eigenvalue weighted by atomic mass is 9.58. The van der Waals surface area contributed by atoms with Crippen LogP contribution in [0.25, 0.3) is 22.4 Å². The predicted octanol–water partition coefficient (Wildman–Crippen LogP) is 8.92. The number of pyridine rings is 1. The highest BCUT2D eigenvalue weighted by Gasteiger charge is 2.41. The summed E-state index contributed by atoms with van der Waals surface area (Å²) in [4.78, 5) is 0. The number of aromatic nitrogens is 1. The van der Waals surface area contributed by atoms with Crippen LogP contribution in [0.2, 0.25) is 0 Å². The topological polar surface area (TPSA) is 3.88 Å². The van der Waals surface area contributed by atoms with Gasteiger partial charge < -0.3 is 0 Å². The molecule has 3 aliphatic carbocycles. The van der Waals surface area contributed by atoms with E-state index in [1.165, 1.54) is 102 Å². The maximum absolute atomic E-state index is 2.58. The van der Waals surface area contributed by atoms with Gasteiger partial charge in [-0.1, -0.05) is 49.7 Å². The molecule has 1 aromatic heterocycles. The number of hydrogen-bond donors (Lipinski definition) is 0. The molecule has 36 heavy (non-hydrogen) atoms. The lowest BCUT2D eigenvalue weighted by Gasteiger charge is -2.47. The first-order valence-electron chi connectivity index (χ1n) is 14.4. The molecule has 0 amide bonds. The maximum atomic E-state index is 2.58. The highest BCUT2D eigenvalue weighted by Crippen LogP contribution is 2.55. The number of hydrogen-bond acceptors (Lipinski definition) is 0. The van der Waals surface area contributed by atoms with Crippen LogP contribution in [-0.2, 0) is 13.5 Å². The van der Waals surface area contributed by atoms with Crippen molar-refractivity contribution in [3.8, 4) is 22.4 Å². The molecule has 1 spiro atoms. The fourth-order valence-electron chi connectivity index (χ4n) is 7.83. The Kier molecular flexibility index (Phi) is 5.71. The number of aryl methyl sites for hydroxylation is 4. The minimum atomic E-state index is 0.563. The van der Waals surface area contributed by atoms with Crippen molar-refractivity contribution in [1.82, 2.24) is 0 Å². The summed E-state index contributed by atoms with van der Waals surface area (Å²) in [6.45, 7) is 11.8. The Bertz CT molecular complexity index is 1320. The van der Waals surface area contributed by atoms with Crippen molar-refractivity contribution in [3.05, 3.63) is 76.0 Å². The van der Waals surface area contributed by atoms with E-state index in [-0.39, 0.29) is 0 Å². The van der Waals surface area contributed by atoms with E-state index in [1.54, 1.807) is 5.56 Å². The molecule has 0 unspecified atom stereocenters. The first kappa shape index (κ1) is 24.0. The second kappa shape index (κ2) is 8.57. The molecule has 6 rings (SSSR count). The second-order valence-electron chi connectivity index (χ2n) is 13.5. The van der Waals surface area contributed by atoms with Crippen molar-refractivity contribution in [2.75, 3.05) is 0 Å². The van der Waals surface area contributed by atoms with Crippen LogP contribution in [0, 0.1) is 31.6 Å². The van der Waals surface area contributed by atoms with Crippen molar-refractivity contribution < 1.29 is 4.57 Å². The lowest BCUT2D eigenvalue weighted by molar-refractivity contribution is -0.660. The van der Waals surface area contributed by atoms with Crippen LogP contribution in [0.3, 0.4) is 0 Å². The molecule has 3 aliphatic rings. The van der Waals surface area contributed by atoms with E-state index in [0.29, 0.717) is 16.7 Å². The molecule has 1 heterocycles. The van der Waals surface area contributed by atoms with Gasteiger partial charge in [0.05, 0.1) is 5.56 Å². The zero-order valence-corrected chi connectivity index (χ0v) is 23.4. The van der Waals surface area contributed by atoms with E-state index >= 15 is 0 Å². The van der Waals surface area contributed by atoms with Crippen molar-refractivity contribution >= 4 is 0 Å². The van der Waals surface area contributed by atoms with Crippen LogP contribution in [-0.4, -0.2) is 0 Å². The van der Waals surface area contributed by atoms with E-state index < -0.39 is 0 Å². The smallest absolute Gasteiger partial charge is 0.201 e. The van der Waals surface area contributed by atoms with Crippen molar-refractivity contribution in [2.24, 2.45) is 17.9 Å². The Hall–Kier alpha value is -2.41. The average molecular weight is 479 g/mol. The summed E-state index contributed by atoms with van der Waals surface area (Å²) < 4.78 is 2.39. The normalized spacial score (nSPS) is 20.4. The van der Waals surface area contributed by atoms with E-state index in [0.717, 1.165) is 6.42 Å². The maximum Gasteiger partial charge on any atom is 0.213 e. The van der Waals surface area contributed by atoms with Gasteiger partial charge in [-0.2, -0.15) is 0 Å². The van der Waals surface area contributed by atoms with Crippen molar-refractivity contribution in [2.45, 2.75) is 98.3 Å². The third kappa shape index (κ3) is 4.04. The molecule has 188 valence electrons. The largest absolute Gasteiger partial charge is 0.213 e. The Morgan fingerprint density at radius 2 is 1.50 bits per heavy atom. The van der Waals surface area contributed by atoms with E-state index in [2.05, 4.69) is 88.8 Å². The zero-order valence-electron chi connectivity index (χ0n) is 23.4. The highest BCUT2D eigenvalue weighted by atomic mass is 14.9. The Morgan fingerprint density at radius 1 is 0.778 bits per heavy atom. The molecule has 0 aliphatic heterocycles. The SMILES string of the molecule is Cc1ccc2c(c1)-c1ccc(C)c(-c3cc(C4CCC5(CC4)CCC(C)(C)CC5)c(C)c[n+]3C)c1C2. The first-order valence-corrected chi connectivity index (χ1v) is 14.4. The molecule has 2 saturated carbocycles. The molecule has 0 N–H and O–H groups in total. The van der Waals surface area contributed by atoms with E-state index in [1.807, 2.05) is 0 Å².